The predicted octanol–water partition coefficient (Wildman–Crippen LogP) is 4.17. The largest absolute Gasteiger partial charge is 0.389 e. The molecule has 0 heterocycles. The number of nitrogens with one attached hydrogen (secondary N) is 1. The van der Waals surface area contributed by atoms with Crippen LogP contribution in [-0.2, 0) is 0 Å². The van der Waals surface area contributed by atoms with Crippen molar-refractivity contribution in [2.45, 2.75) is 37.0 Å². The predicted molar refractivity (Wildman–Crippen MR) is 93.2 cm³/mol. The van der Waals surface area contributed by atoms with E-state index >= 15 is 0 Å². The van der Waals surface area contributed by atoms with Crippen LogP contribution >= 0.6 is 39.9 Å². The third kappa shape index (κ3) is 4.10. The topological polar surface area (TPSA) is 38.0 Å². The Bertz CT molecular complexity index is 457. The summed E-state index contributed by atoms with van der Waals surface area (Å²) in [6, 6.07) is 6.68. The lowest BCUT2D eigenvalue weighted by Crippen LogP contribution is -2.27. The average Bonchev–Trinajstić information content (AvgIpc) is 2.39. The minimum absolute atomic E-state index is 0.430. The van der Waals surface area contributed by atoms with Crippen molar-refractivity contribution in [2.24, 2.45) is 5.73 Å². The molecule has 2 nitrogen and oxygen atoms in total. The Labute approximate surface area is 133 Å². The van der Waals surface area contributed by atoms with E-state index in [1.54, 1.807) is 0 Å². The molecule has 3 N–H and O–H groups in total. The van der Waals surface area contributed by atoms with Crippen LogP contribution in [0.15, 0.2) is 22.7 Å². The summed E-state index contributed by atoms with van der Waals surface area (Å²) in [6.45, 7) is 0. The Kier molecular flexibility index (Phi) is 5.54. The maximum Gasteiger partial charge on any atom is 0.105 e. The SMILES string of the molecule is CSC1CCC(Nc2ccc(C(N)=S)c(Br)c2)CC1. The number of rotatable bonds is 4. The Hall–Kier alpha value is -0.260. The van der Waals surface area contributed by atoms with Gasteiger partial charge in [0.05, 0.1) is 0 Å². The van der Waals surface area contributed by atoms with Gasteiger partial charge in [-0.15, -0.1) is 0 Å². The highest BCUT2D eigenvalue weighted by Crippen LogP contribution is 2.29. The van der Waals surface area contributed by atoms with E-state index < -0.39 is 0 Å². The zero-order chi connectivity index (χ0) is 13.8. The lowest BCUT2D eigenvalue weighted by Gasteiger charge is -2.28. The minimum Gasteiger partial charge on any atom is -0.389 e. The molecule has 1 fully saturated rings. The molecular weight excluding hydrogens is 340 g/mol. The molecular formula is C14H19BrN2S2. The molecule has 5 heteroatoms. The van der Waals surface area contributed by atoms with Crippen LogP contribution < -0.4 is 11.1 Å². The zero-order valence-electron chi connectivity index (χ0n) is 11.0. The summed E-state index contributed by atoms with van der Waals surface area (Å²) in [7, 11) is 0. The van der Waals surface area contributed by atoms with Crippen molar-refractivity contribution in [3.05, 3.63) is 28.2 Å². The van der Waals surface area contributed by atoms with Crippen LogP contribution in [0.3, 0.4) is 0 Å². The molecule has 1 aromatic carbocycles. The number of halogens is 1. The van der Waals surface area contributed by atoms with Crippen LogP contribution in [-0.4, -0.2) is 22.5 Å². The van der Waals surface area contributed by atoms with Gasteiger partial charge in [-0.25, -0.2) is 0 Å². The molecule has 0 spiro atoms. The van der Waals surface area contributed by atoms with Crippen LogP contribution in [0, 0.1) is 0 Å². The molecule has 0 saturated heterocycles. The lowest BCUT2D eigenvalue weighted by molar-refractivity contribution is 0.473. The first-order valence-corrected chi connectivity index (χ1v) is 8.97. The van der Waals surface area contributed by atoms with E-state index in [-0.39, 0.29) is 0 Å². The number of nitrogens with two attached hydrogens (primary N) is 1. The maximum absolute atomic E-state index is 5.66. The van der Waals surface area contributed by atoms with Gasteiger partial charge in [0.1, 0.15) is 4.99 Å². The van der Waals surface area contributed by atoms with Gasteiger partial charge in [-0.2, -0.15) is 11.8 Å². The standard InChI is InChI=1S/C14H19BrN2S2/c1-19-11-5-2-9(3-6-11)17-10-4-7-12(14(16)18)13(15)8-10/h4,7-9,11,17H,2-3,5-6H2,1H3,(H2,16,18). The second kappa shape index (κ2) is 6.95. The zero-order valence-corrected chi connectivity index (χ0v) is 14.2. The van der Waals surface area contributed by atoms with Crippen LogP contribution in [0.1, 0.15) is 31.2 Å². The number of benzene rings is 1. The smallest absolute Gasteiger partial charge is 0.105 e. The molecule has 104 valence electrons. The molecule has 0 atom stereocenters. The van der Waals surface area contributed by atoms with Crippen molar-refractivity contribution in [1.82, 2.24) is 0 Å². The van der Waals surface area contributed by atoms with E-state index in [0.29, 0.717) is 11.0 Å². The molecule has 1 aliphatic rings. The molecule has 0 aromatic heterocycles. The number of thiocarbonyl (C=S) groups is 1. The first-order chi connectivity index (χ1) is 9.10. The number of anilines is 1. The number of hydrogen-bond donors (Lipinski definition) is 2. The Morgan fingerprint density at radius 1 is 1.37 bits per heavy atom. The van der Waals surface area contributed by atoms with Gasteiger partial charge < -0.3 is 11.1 Å². The number of hydrogen-bond acceptors (Lipinski definition) is 3. The first-order valence-electron chi connectivity index (χ1n) is 6.49. The monoisotopic (exact) mass is 358 g/mol. The van der Waals surface area contributed by atoms with Crippen LogP contribution in [0.25, 0.3) is 0 Å². The third-order valence-electron chi connectivity index (χ3n) is 3.61. The van der Waals surface area contributed by atoms with E-state index in [0.717, 1.165) is 21.0 Å². The summed E-state index contributed by atoms with van der Waals surface area (Å²) in [4.78, 5) is 0.430. The summed E-state index contributed by atoms with van der Waals surface area (Å²) in [5, 5.41) is 4.46. The van der Waals surface area contributed by atoms with Crippen molar-refractivity contribution < 1.29 is 0 Å². The summed E-state index contributed by atoms with van der Waals surface area (Å²) in [5.41, 5.74) is 7.69. The first kappa shape index (κ1) is 15.1. The van der Waals surface area contributed by atoms with Gasteiger partial charge in [0.15, 0.2) is 0 Å². The van der Waals surface area contributed by atoms with Crippen LogP contribution in [0.4, 0.5) is 5.69 Å². The summed E-state index contributed by atoms with van der Waals surface area (Å²) in [5.74, 6) is 0. The summed E-state index contributed by atoms with van der Waals surface area (Å²) < 4.78 is 0.961. The lowest BCUT2D eigenvalue weighted by atomic mass is 9.95. The Morgan fingerprint density at radius 3 is 2.58 bits per heavy atom. The summed E-state index contributed by atoms with van der Waals surface area (Å²) in [6.07, 6.45) is 7.33. The number of thioether (sulfide) groups is 1. The van der Waals surface area contributed by atoms with Gasteiger partial charge >= 0.3 is 0 Å². The van der Waals surface area contributed by atoms with Gasteiger partial charge in [0, 0.05) is 27.0 Å². The highest BCUT2D eigenvalue weighted by Gasteiger charge is 2.20. The van der Waals surface area contributed by atoms with Gasteiger partial charge in [-0.3, -0.25) is 0 Å². The molecule has 1 aromatic rings. The van der Waals surface area contributed by atoms with E-state index in [9.17, 15) is 0 Å². The second-order valence-corrected chi connectivity index (χ2v) is 7.34. The van der Waals surface area contributed by atoms with E-state index in [4.69, 9.17) is 18.0 Å². The van der Waals surface area contributed by atoms with Gasteiger partial charge in [0.25, 0.3) is 0 Å². The van der Waals surface area contributed by atoms with Crippen LogP contribution in [0.5, 0.6) is 0 Å². The fourth-order valence-electron chi connectivity index (χ4n) is 2.48. The average molecular weight is 359 g/mol. The molecule has 0 amide bonds. The molecule has 0 bridgehead atoms. The van der Waals surface area contributed by atoms with E-state index in [1.165, 1.54) is 25.7 Å². The quantitative estimate of drug-likeness (QED) is 0.792. The Morgan fingerprint density at radius 2 is 2.05 bits per heavy atom. The Balaban J connectivity index is 1.97. The molecule has 0 radical (unpaired) electrons. The van der Waals surface area contributed by atoms with Gasteiger partial charge in [-0.1, -0.05) is 12.2 Å². The van der Waals surface area contributed by atoms with Crippen molar-refractivity contribution >= 4 is 50.6 Å². The van der Waals surface area contributed by atoms with Gasteiger partial charge in [-0.05, 0) is 66.1 Å². The van der Waals surface area contributed by atoms with Crippen LogP contribution in [0.2, 0.25) is 0 Å². The van der Waals surface area contributed by atoms with E-state index in [2.05, 4.69) is 39.6 Å². The fraction of sp³-hybridized carbons (Fsp3) is 0.500. The maximum atomic E-state index is 5.66. The van der Waals surface area contributed by atoms with Gasteiger partial charge in [0.2, 0.25) is 0 Å². The molecule has 0 unspecified atom stereocenters. The summed E-state index contributed by atoms with van der Waals surface area (Å²) >= 11 is 10.5. The normalized spacial score (nSPS) is 23.1. The van der Waals surface area contributed by atoms with Crippen molar-refractivity contribution in [3.8, 4) is 0 Å². The highest BCUT2D eigenvalue weighted by atomic mass is 79.9. The highest BCUT2D eigenvalue weighted by molar-refractivity contribution is 9.10. The molecule has 0 aliphatic heterocycles. The van der Waals surface area contributed by atoms with Crippen molar-refractivity contribution in [3.63, 3.8) is 0 Å². The van der Waals surface area contributed by atoms with Crippen molar-refractivity contribution in [1.29, 1.82) is 0 Å². The molecule has 19 heavy (non-hydrogen) atoms. The molecule has 1 saturated carbocycles. The molecule has 2 rings (SSSR count). The molecule has 1 aliphatic carbocycles. The fourth-order valence-corrected chi connectivity index (χ4v) is 4.13. The van der Waals surface area contributed by atoms with Crippen molar-refractivity contribution in [2.75, 3.05) is 11.6 Å². The van der Waals surface area contributed by atoms with E-state index in [1.807, 2.05) is 17.8 Å². The minimum atomic E-state index is 0.430. The third-order valence-corrected chi connectivity index (χ3v) is 5.63. The second-order valence-electron chi connectivity index (χ2n) is 4.91.